The highest BCUT2D eigenvalue weighted by Gasteiger charge is 2.26. The van der Waals surface area contributed by atoms with Gasteiger partial charge in [0.2, 0.25) is 5.91 Å². The highest BCUT2D eigenvalue weighted by molar-refractivity contribution is 5.76. The molecule has 0 aromatic heterocycles. The lowest BCUT2D eigenvalue weighted by Gasteiger charge is -2.28. The van der Waals surface area contributed by atoms with Gasteiger partial charge >= 0.3 is 0 Å². The average Bonchev–Trinajstić information content (AvgIpc) is 2.08. The van der Waals surface area contributed by atoms with Gasteiger partial charge in [0.15, 0.2) is 0 Å². The quantitative estimate of drug-likeness (QED) is 0.661. The van der Waals surface area contributed by atoms with Gasteiger partial charge in [0, 0.05) is 5.92 Å². The van der Waals surface area contributed by atoms with Gasteiger partial charge in [0.1, 0.15) is 0 Å². The van der Waals surface area contributed by atoms with Crippen LogP contribution in [0, 0.1) is 17.3 Å². The average molecular weight is 227 g/mol. The van der Waals surface area contributed by atoms with Gasteiger partial charge in [0.05, 0.1) is 0 Å². The SMILES string of the molecule is CCCCCC(C(N)=O)C(C)CC(C)(C)C. The Balaban J connectivity index is 4.24. The zero-order valence-corrected chi connectivity index (χ0v) is 11.7. The summed E-state index contributed by atoms with van der Waals surface area (Å²) in [5.74, 6) is 0.341. The lowest BCUT2D eigenvalue weighted by Crippen LogP contribution is -2.30. The van der Waals surface area contributed by atoms with E-state index in [1.54, 1.807) is 0 Å². The lowest BCUT2D eigenvalue weighted by molar-refractivity contribution is -0.123. The second-order valence-electron chi connectivity index (χ2n) is 6.25. The van der Waals surface area contributed by atoms with Crippen molar-refractivity contribution in [2.24, 2.45) is 23.0 Å². The van der Waals surface area contributed by atoms with Gasteiger partial charge in [-0.2, -0.15) is 0 Å². The molecule has 2 nitrogen and oxygen atoms in total. The molecule has 0 rings (SSSR count). The van der Waals surface area contributed by atoms with Crippen molar-refractivity contribution in [3.63, 3.8) is 0 Å². The van der Waals surface area contributed by atoms with Gasteiger partial charge in [-0.05, 0) is 24.2 Å². The first-order valence-corrected chi connectivity index (χ1v) is 6.57. The normalized spacial score (nSPS) is 15.8. The maximum Gasteiger partial charge on any atom is 0.220 e. The zero-order chi connectivity index (χ0) is 12.8. The Morgan fingerprint density at radius 3 is 2.19 bits per heavy atom. The molecule has 0 fully saturated rings. The minimum Gasteiger partial charge on any atom is -0.369 e. The largest absolute Gasteiger partial charge is 0.369 e. The van der Waals surface area contributed by atoms with Crippen LogP contribution in [-0.4, -0.2) is 5.91 Å². The molecule has 0 aromatic carbocycles. The fourth-order valence-electron chi connectivity index (χ4n) is 2.43. The standard InChI is InChI=1S/C14H29NO/c1-6-7-8-9-12(13(15)16)11(2)10-14(3,4)5/h11-12H,6-10H2,1-5H3,(H2,15,16). The number of nitrogens with two attached hydrogens (primary N) is 1. The van der Waals surface area contributed by atoms with Crippen molar-refractivity contribution in [1.29, 1.82) is 0 Å². The number of primary amides is 1. The van der Waals surface area contributed by atoms with Crippen molar-refractivity contribution in [3.8, 4) is 0 Å². The lowest BCUT2D eigenvalue weighted by atomic mass is 9.77. The van der Waals surface area contributed by atoms with E-state index < -0.39 is 0 Å². The maximum atomic E-state index is 11.4. The van der Waals surface area contributed by atoms with Crippen molar-refractivity contribution < 1.29 is 4.79 Å². The van der Waals surface area contributed by atoms with Crippen molar-refractivity contribution in [2.45, 2.75) is 66.7 Å². The van der Waals surface area contributed by atoms with Gasteiger partial charge in [-0.3, -0.25) is 4.79 Å². The number of hydrogen-bond acceptors (Lipinski definition) is 1. The Bertz CT molecular complexity index is 205. The van der Waals surface area contributed by atoms with E-state index in [9.17, 15) is 4.79 Å². The van der Waals surface area contributed by atoms with Crippen LogP contribution in [0.25, 0.3) is 0 Å². The molecule has 0 saturated carbocycles. The van der Waals surface area contributed by atoms with Crippen LogP contribution in [0.1, 0.15) is 66.7 Å². The molecule has 2 atom stereocenters. The molecule has 0 saturated heterocycles. The minimum absolute atomic E-state index is 0.0609. The molecule has 0 aliphatic heterocycles. The second-order valence-corrected chi connectivity index (χ2v) is 6.25. The van der Waals surface area contributed by atoms with Crippen LogP contribution in [0.5, 0.6) is 0 Å². The summed E-state index contributed by atoms with van der Waals surface area (Å²) in [7, 11) is 0. The number of amides is 1. The predicted molar refractivity (Wildman–Crippen MR) is 70.1 cm³/mol. The summed E-state index contributed by atoms with van der Waals surface area (Å²) in [5, 5.41) is 0. The molecular weight excluding hydrogens is 198 g/mol. The van der Waals surface area contributed by atoms with Crippen LogP contribution in [0.3, 0.4) is 0 Å². The molecule has 96 valence electrons. The molecule has 0 aliphatic carbocycles. The third-order valence-electron chi connectivity index (χ3n) is 3.11. The van der Waals surface area contributed by atoms with Crippen LogP contribution in [0.15, 0.2) is 0 Å². The fourth-order valence-corrected chi connectivity index (χ4v) is 2.43. The molecule has 2 N–H and O–H groups in total. The molecule has 0 bridgehead atoms. The topological polar surface area (TPSA) is 43.1 Å². The molecule has 1 amide bonds. The first-order chi connectivity index (χ1) is 7.28. The fraction of sp³-hybridized carbons (Fsp3) is 0.929. The van der Waals surface area contributed by atoms with Crippen molar-refractivity contribution >= 4 is 5.91 Å². The first kappa shape index (κ1) is 15.5. The van der Waals surface area contributed by atoms with Gasteiger partial charge in [-0.15, -0.1) is 0 Å². The van der Waals surface area contributed by atoms with Gasteiger partial charge < -0.3 is 5.73 Å². The summed E-state index contributed by atoms with van der Waals surface area (Å²) in [6.45, 7) is 11.0. The highest BCUT2D eigenvalue weighted by Crippen LogP contribution is 2.30. The molecular formula is C14H29NO. The van der Waals surface area contributed by atoms with Gasteiger partial charge in [-0.1, -0.05) is 53.9 Å². The minimum atomic E-state index is -0.118. The monoisotopic (exact) mass is 227 g/mol. The molecule has 2 unspecified atom stereocenters. The Morgan fingerprint density at radius 1 is 1.25 bits per heavy atom. The number of rotatable bonds is 7. The van der Waals surface area contributed by atoms with E-state index >= 15 is 0 Å². The van der Waals surface area contributed by atoms with E-state index in [0.29, 0.717) is 5.92 Å². The van der Waals surface area contributed by atoms with Crippen LogP contribution < -0.4 is 5.73 Å². The summed E-state index contributed by atoms with van der Waals surface area (Å²) in [5.41, 5.74) is 5.78. The Morgan fingerprint density at radius 2 is 1.81 bits per heavy atom. The van der Waals surface area contributed by atoms with Gasteiger partial charge in [-0.25, -0.2) is 0 Å². The molecule has 2 heteroatoms. The molecule has 0 aromatic rings. The van der Waals surface area contributed by atoms with Crippen LogP contribution in [0.2, 0.25) is 0 Å². The Hall–Kier alpha value is -0.530. The highest BCUT2D eigenvalue weighted by atomic mass is 16.1. The Kier molecular flexibility index (Phi) is 6.70. The van der Waals surface area contributed by atoms with Crippen molar-refractivity contribution in [1.82, 2.24) is 0 Å². The molecule has 0 radical (unpaired) electrons. The zero-order valence-electron chi connectivity index (χ0n) is 11.7. The first-order valence-electron chi connectivity index (χ1n) is 6.57. The summed E-state index contributed by atoms with van der Waals surface area (Å²) in [4.78, 5) is 11.4. The number of carbonyl (C=O) groups is 1. The van der Waals surface area contributed by atoms with Crippen LogP contribution >= 0.6 is 0 Å². The summed E-state index contributed by atoms with van der Waals surface area (Å²) in [6, 6.07) is 0. The number of hydrogen-bond donors (Lipinski definition) is 1. The van der Waals surface area contributed by atoms with Crippen LogP contribution in [-0.2, 0) is 4.79 Å². The Labute approximate surface area is 101 Å². The van der Waals surface area contributed by atoms with Crippen molar-refractivity contribution in [2.75, 3.05) is 0 Å². The van der Waals surface area contributed by atoms with Gasteiger partial charge in [0.25, 0.3) is 0 Å². The molecule has 0 spiro atoms. The van der Waals surface area contributed by atoms with E-state index in [1.165, 1.54) is 12.8 Å². The predicted octanol–water partition coefficient (Wildman–Crippen LogP) is 3.74. The van der Waals surface area contributed by atoms with E-state index in [-0.39, 0.29) is 17.2 Å². The summed E-state index contributed by atoms with van der Waals surface area (Å²) >= 11 is 0. The van der Waals surface area contributed by atoms with Crippen LogP contribution in [0.4, 0.5) is 0 Å². The van der Waals surface area contributed by atoms with Crippen molar-refractivity contribution in [3.05, 3.63) is 0 Å². The third kappa shape index (κ3) is 6.86. The third-order valence-corrected chi connectivity index (χ3v) is 3.11. The second kappa shape index (κ2) is 6.93. The smallest absolute Gasteiger partial charge is 0.220 e. The van der Waals surface area contributed by atoms with E-state index in [2.05, 4.69) is 34.6 Å². The summed E-state index contributed by atoms with van der Waals surface area (Å²) < 4.78 is 0. The molecule has 0 heterocycles. The van der Waals surface area contributed by atoms with E-state index in [1.807, 2.05) is 0 Å². The number of carbonyl (C=O) groups excluding carboxylic acids is 1. The van der Waals surface area contributed by atoms with E-state index in [4.69, 9.17) is 5.73 Å². The van der Waals surface area contributed by atoms with E-state index in [0.717, 1.165) is 19.3 Å². The molecule has 0 aliphatic rings. The maximum absolute atomic E-state index is 11.4. The number of unbranched alkanes of at least 4 members (excludes halogenated alkanes) is 2. The molecule has 16 heavy (non-hydrogen) atoms. The summed E-state index contributed by atoms with van der Waals surface area (Å²) in [6.07, 6.45) is 5.54.